The van der Waals surface area contributed by atoms with Crippen molar-refractivity contribution in [1.29, 1.82) is 0 Å². The number of ketones is 1. The molecule has 3 nitrogen and oxygen atoms in total. The summed E-state index contributed by atoms with van der Waals surface area (Å²) in [6, 6.07) is 12.4. The molecular weight excluding hydrogens is 226 g/mol. The summed E-state index contributed by atoms with van der Waals surface area (Å²) in [5, 5.41) is 0. The third kappa shape index (κ3) is 2.94. The SMILES string of the molecule is CC(C)Oc1ccc(C(=O)c2ccccn2)cc1. The molecule has 2 aromatic rings. The fourth-order valence-electron chi connectivity index (χ4n) is 1.60. The molecule has 0 aliphatic heterocycles. The first kappa shape index (κ1) is 12.3. The van der Waals surface area contributed by atoms with Gasteiger partial charge in [0.1, 0.15) is 11.4 Å². The van der Waals surface area contributed by atoms with Crippen LogP contribution in [-0.4, -0.2) is 16.9 Å². The first-order valence-electron chi connectivity index (χ1n) is 5.89. The largest absolute Gasteiger partial charge is 0.491 e. The van der Waals surface area contributed by atoms with Gasteiger partial charge in [-0.25, -0.2) is 0 Å². The number of hydrogen-bond acceptors (Lipinski definition) is 3. The van der Waals surface area contributed by atoms with Gasteiger partial charge in [0.15, 0.2) is 0 Å². The van der Waals surface area contributed by atoms with E-state index in [2.05, 4.69) is 4.98 Å². The zero-order chi connectivity index (χ0) is 13.0. The zero-order valence-electron chi connectivity index (χ0n) is 10.5. The van der Waals surface area contributed by atoms with Gasteiger partial charge >= 0.3 is 0 Å². The maximum Gasteiger partial charge on any atom is 0.211 e. The van der Waals surface area contributed by atoms with E-state index in [1.807, 2.05) is 13.8 Å². The lowest BCUT2D eigenvalue weighted by atomic mass is 10.1. The first-order valence-corrected chi connectivity index (χ1v) is 5.89. The van der Waals surface area contributed by atoms with Crippen LogP contribution in [0, 0.1) is 0 Å². The van der Waals surface area contributed by atoms with Crippen LogP contribution in [0.25, 0.3) is 0 Å². The van der Waals surface area contributed by atoms with Crippen LogP contribution in [0.1, 0.15) is 29.9 Å². The monoisotopic (exact) mass is 241 g/mol. The number of carbonyl (C=O) groups is 1. The van der Waals surface area contributed by atoms with Crippen molar-refractivity contribution in [2.24, 2.45) is 0 Å². The molecule has 0 spiro atoms. The molecule has 2 rings (SSSR count). The van der Waals surface area contributed by atoms with Crippen LogP contribution in [0.5, 0.6) is 5.75 Å². The van der Waals surface area contributed by atoms with Crippen LogP contribution >= 0.6 is 0 Å². The Morgan fingerprint density at radius 2 is 1.83 bits per heavy atom. The van der Waals surface area contributed by atoms with Crippen molar-refractivity contribution < 1.29 is 9.53 Å². The second-order valence-electron chi connectivity index (χ2n) is 4.24. The van der Waals surface area contributed by atoms with E-state index in [1.165, 1.54) is 0 Å². The number of hydrogen-bond donors (Lipinski definition) is 0. The highest BCUT2D eigenvalue weighted by atomic mass is 16.5. The highest BCUT2D eigenvalue weighted by Crippen LogP contribution is 2.15. The molecule has 0 amide bonds. The number of ether oxygens (including phenoxy) is 1. The van der Waals surface area contributed by atoms with Crippen LogP contribution in [-0.2, 0) is 0 Å². The second kappa shape index (κ2) is 5.45. The van der Waals surface area contributed by atoms with Gasteiger partial charge in [0.2, 0.25) is 5.78 Å². The maximum absolute atomic E-state index is 12.1. The summed E-state index contributed by atoms with van der Waals surface area (Å²) in [4.78, 5) is 16.1. The van der Waals surface area contributed by atoms with Gasteiger partial charge in [-0.15, -0.1) is 0 Å². The van der Waals surface area contributed by atoms with Crippen molar-refractivity contribution in [2.75, 3.05) is 0 Å². The molecule has 0 saturated heterocycles. The van der Waals surface area contributed by atoms with Gasteiger partial charge < -0.3 is 4.74 Å². The van der Waals surface area contributed by atoms with E-state index in [0.29, 0.717) is 11.3 Å². The lowest BCUT2D eigenvalue weighted by Crippen LogP contribution is -2.06. The Morgan fingerprint density at radius 3 is 2.39 bits per heavy atom. The van der Waals surface area contributed by atoms with Crippen LogP contribution in [0.2, 0.25) is 0 Å². The van der Waals surface area contributed by atoms with Crippen molar-refractivity contribution in [2.45, 2.75) is 20.0 Å². The lowest BCUT2D eigenvalue weighted by Gasteiger charge is -2.09. The van der Waals surface area contributed by atoms with E-state index in [0.717, 1.165) is 5.75 Å². The number of pyridine rings is 1. The van der Waals surface area contributed by atoms with Crippen LogP contribution < -0.4 is 4.74 Å². The van der Waals surface area contributed by atoms with Gasteiger partial charge in [0.25, 0.3) is 0 Å². The predicted octanol–water partition coefficient (Wildman–Crippen LogP) is 3.10. The van der Waals surface area contributed by atoms with Crippen molar-refractivity contribution in [3.63, 3.8) is 0 Å². The molecule has 0 saturated carbocycles. The van der Waals surface area contributed by atoms with E-state index >= 15 is 0 Å². The minimum atomic E-state index is -0.0771. The normalized spacial score (nSPS) is 10.4. The number of benzene rings is 1. The van der Waals surface area contributed by atoms with Gasteiger partial charge in [0, 0.05) is 11.8 Å². The highest BCUT2D eigenvalue weighted by Gasteiger charge is 2.09. The van der Waals surface area contributed by atoms with E-state index in [-0.39, 0.29) is 11.9 Å². The molecular formula is C15H15NO2. The number of nitrogens with zero attached hydrogens (tertiary/aromatic N) is 1. The first-order chi connectivity index (χ1) is 8.66. The molecule has 1 heterocycles. The summed E-state index contributed by atoms with van der Waals surface area (Å²) in [6.45, 7) is 3.93. The van der Waals surface area contributed by atoms with Gasteiger partial charge in [-0.05, 0) is 50.2 Å². The van der Waals surface area contributed by atoms with Crippen LogP contribution in [0.15, 0.2) is 48.7 Å². The molecule has 0 unspecified atom stereocenters. The number of carbonyl (C=O) groups excluding carboxylic acids is 1. The van der Waals surface area contributed by atoms with E-state index in [9.17, 15) is 4.79 Å². The van der Waals surface area contributed by atoms with Crippen LogP contribution in [0.4, 0.5) is 0 Å². The van der Waals surface area contributed by atoms with Crippen molar-refractivity contribution in [1.82, 2.24) is 4.98 Å². The fraction of sp³-hybridized carbons (Fsp3) is 0.200. The summed E-state index contributed by atoms with van der Waals surface area (Å²) in [5.74, 6) is 0.689. The molecule has 0 radical (unpaired) electrons. The highest BCUT2D eigenvalue weighted by molar-refractivity contribution is 6.07. The molecule has 0 fully saturated rings. The van der Waals surface area contributed by atoms with Crippen molar-refractivity contribution in [3.05, 3.63) is 59.9 Å². The quantitative estimate of drug-likeness (QED) is 0.772. The molecule has 0 aliphatic rings. The molecule has 18 heavy (non-hydrogen) atoms. The molecule has 3 heteroatoms. The van der Waals surface area contributed by atoms with Gasteiger partial charge in [-0.2, -0.15) is 0 Å². The second-order valence-corrected chi connectivity index (χ2v) is 4.24. The molecule has 0 atom stereocenters. The third-order valence-electron chi connectivity index (χ3n) is 2.39. The number of rotatable bonds is 4. The van der Waals surface area contributed by atoms with Gasteiger partial charge in [-0.1, -0.05) is 6.07 Å². The molecule has 1 aromatic carbocycles. The third-order valence-corrected chi connectivity index (χ3v) is 2.39. The summed E-state index contributed by atoms with van der Waals surface area (Å²) < 4.78 is 5.53. The number of aromatic nitrogens is 1. The smallest absolute Gasteiger partial charge is 0.211 e. The predicted molar refractivity (Wildman–Crippen MR) is 69.9 cm³/mol. The zero-order valence-corrected chi connectivity index (χ0v) is 10.5. The van der Waals surface area contributed by atoms with Crippen molar-refractivity contribution in [3.8, 4) is 5.75 Å². The maximum atomic E-state index is 12.1. The van der Waals surface area contributed by atoms with E-state index in [4.69, 9.17) is 4.74 Å². The Balaban J connectivity index is 2.17. The Bertz CT molecular complexity index is 518. The van der Waals surface area contributed by atoms with E-state index in [1.54, 1.807) is 48.7 Å². The Kier molecular flexibility index (Phi) is 3.72. The standard InChI is InChI=1S/C15H15NO2/c1-11(2)18-13-8-6-12(7-9-13)15(17)14-5-3-4-10-16-14/h3-11H,1-2H3. The molecule has 0 aliphatic carbocycles. The molecule has 0 N–H and O–H groups in total. The summed E-state index contributed by atoms with van der Waals surface area (Å²) in [5.41, 5.74) is 1.07. The minimum absolute atomic E-state index is 0.0771. The Labute approximate surface area is 106 Å². The molecule has 1 aromatic heterocycles. The average molecular weight is 241 g/mol. The van der Waals surface area contributed by atoms with E-state index < -0.39 is 0 Å². The Hall–Kier alpha value is -2.16. The summed E-state index contributed by atoms with van der Waals surface area (Å²) in [6.07, 6.45) is 1.74. The topological polar surface area (TPSA) is 39.2 Å². The summed E-state index contributed by atoms with van der Waals surface area (Å²) in [7, 11) is 0. The van der Waals surface area contributed by atoms with Gasteiger partial charge in [-0.3, -0.25) is 9.78 Å². The van der Waals surface area contributed by atoms with Crippen LogP contribution in [0.3, 0.4) is 0 Å². The fourth-order valence-corrected chi connectivity index (χ4v) is 1.60. The molecule has 92 valence electrons. The minimum Gasteiger partial charge on any atom is -0.491 e. The molecule has 0 bridgehead atoms. The summed E-state index contributed by atoms with van der Waals surface area (Å²) >= 11 is 0. The average Bonchev–Trinajstić information content (AvgIpc) is 2.39. The lowest BCUT2D eigenvalue weighted by molar-refractivity contribution is 0.103. The van der Waals surface area contributed by atoms with Gasteiger partial charge in [0.05, 0.1) is 6.10 Å². The Morgan fingerprint density at radius 1 is 1.11 bits per heavy atom. The van der Waals surface area contributed by atoms with Crippen molar-refractivity contribution >= 4 is 5.78 Å².